The van der Waals surface area contributed by atoms with Crippen LogP contribution in [0.25, 0.3) is 11.3 Å². The van der Waals surface area contributed by atoms with E-state index in [0.717, 1.165) is 32.9 Å². The highest BCUT2D eigenvalue weighted by atomic mass is 79.9. The second kappa shape index (κ2) is 5.52. The second-order valence-electron chi connectivity index (χ2n) is 5.85. The monoisotopic (exact) mass is 333 g/mol. The van der Waals surface area contributed by atoms with Gasteiger partial charge in [0.1, 0.15) is 11.6 Å². The van der Waals surface area contributed by atoms with E-state index >= 15 is 0 Å². The molecule has 1 N–H and O–H groups in total. The van der Waals surface area contributed by atoms with E-state index in [4.69, 9.17) is 4.98 Å². The summed E-state index contributed by atoms with van der Waals surface area (Å²) in [4.78, 5) is 9.44. The average molecular weight is 334 g/mol. The molecular formula is C16H20BrN3. The Bertz CT molecular complexity index is 630. The number of anilines is 1. The highest BCUT2D eigenvalue weighted by molar-refractivity contribution is 9.10. The first-order valence-electron chi connectivity index (χ1n) is 6.66. The highest BCUT2D eigenvalue weighted by Gasteiger charge is 2.22. The Hall–Kier alpha value is -1.42. The number of hydrogen-bond donors (Lipinski definition) is 1. The van der Waals surface area contributed by atoms with Gasteiger partial charge in [0.2, 0.25) is 0 Å². The van der Waals surface area contributed by atoms with Crippen LogP contribution >= 0.6 is 15.9 Å². The minimum Gasteiger partial charge on any atom is -0.373 e. The zero-order valence-electron chi connectivity index (χ0n) is 12.6. The van der Waals surface area contributed by atoms with E-state index in [0.29, 0.717) is 0 Å². The summed E-state index contributed by atoms with van der Waals surface area (Å²) in [7, 11) is 1.89. The second-order valence-corrected chi connectivity index (χ2v) is 6.70. The molecule has 0 fully saturated rings. The summed E-state index contributed by atoms with van der Waals surface area (Å²) >= 11 is 3.61. The lowest BCUT2D eigenvalue weighted by Gasteiger charge is -2.20. The molecule has 0 spiro atoms. The van der Waals surface area contributed by atoms with Crippen LogP contribution in [-0.4, -0.2) is 17.0 Å². The molecule has 1 heterocycles. The molecule has 0 atom stereocenters. The molecule has 0 saturated heterocycles. The van der Waals surface area contributed by atoms with Crippen molar-refractivity contribution in [2.24, 2.45) is 0 Å². The van der Waals surface area contributed by atoms with Crippen LogP contribution in [0.5, 0.6) is 0 Å². The molecule has 106 valence electrons. The summed E-state index contributed by atoms with van der Waals surface area (Å²) in [5.74, 6) is 1.73. The molecule has 20 heavy (non-hydrogen) atoms. The number of hydrogen-bond acceptors (Lipinski definition) is 3. The summed E-state index contributed by atoms with van der Waals surface area (Å²) in [6.45, 7) is 8.43. The van der Waals surface area contributed by atoms with Crippen molar-refractivity contribution in [1.82, 2.24) is 9.97 Å². The number of nitrogens with zero attached hydrogens (tertiary/aromatic N) is 2. The van der Waals surface area contributed by atoms with Gasteiger partial charge in [-0.15, -0.1) is 0 Å². The summed E-state index contributed by atoms with van der Waals surface area (Å²) < 4.78 is 1.05. The number of aromatic nitrogens is 2. The Kier molecular flexibility index (Phi) is 4.14. The molecule has 0 bridgehead atoms. The summed E-state index contributed by atoms with van der Waals surface area (Å²) in [6.07, 6.45) is 0. The molecule has 3 nitrogen and oxygen atoms in total. The van der Waals surface area contributed by atoms with Gasteiger partial charge in [-0.1, -0.05) is 54.9 Å². The SMILES string of the molecule is CNc1nc(C(C)(C)C)nc(-c2ccccc2Br)c1C. The largest absolute Gasteiger partial charge is 0.373 e. The van der Waals surface area contributed by atoms with Crippen LogP contribution in [0.1, 0.15) is 32.2 Å². The lowest BCUT2D eigenvalue weighted by atomic mass is 9.95. The molecule has 0 unspecified atom stereocenters. The third kappa shape index (κ3) is 2.85. The fraction of sp³-hybridized carbons (Fsp3) is 0.375. The van der Waals surface area contributed by atoms with Crippen LogP contribution < -0.4 is 5.32 Å². The standard InChI is InChI=1S/C16H20BrN3/c1-10-13(11-8-6-7-9-12(11)17)19-15(16(2,3)4)20-14(10)18-5/h6-9H,1-5H3,(H,18,19,20). The van der Waals surface area contributed by atoms with Gasteiger partial charge in [0, 0.05) is 28.1 Å². The van der Waals surface area contributed by atoms with Crippen LogP contribution in [0.15, 0.2) is 28.7 Å². The first-order valence-corrected chi connectivity index (χ1v) is 7.45. The van der Waals surface area contributed by atoms with Gasteiger partial charge in [0.05, 0.1) is 5.69 Å². The maximum Gasteiger partial charge on any atom is 0.136 e. The van der Waals surface area contributed by atoms with E-state index in [1.165, 1.54) is 0 Å². The van der Waals surface area contributed by atoms with Crippen molar-refractivity contribution in [2.75, 3.05) is 12.4 Å². The number of rotatable bonds is 2. The molecule has 2 aromatic rings. The molecule has 0 amide bonds. The summed E-state index contributed by atoms with van der Waals surface area (Å²) in [5, 5.41) is 3.17. The average Bonchev–Trinajstić information content (AvgIpc) is 2.38. The maximum atomic E-state index is 4.80. The van der Waals surface area contributed by atoms with E-state index in [2.05, 4.69) is 53.1 Å². The van der Waals surface area contributed by atoms with Crippen LogP contribution in [0, 0.1) is 6.92 Å². The van der Waals surface area contributed by atoms with Crippen molar-refractivity contribution in [3.63, 3.8) is 0 Å². The van der Waals surface area contributed by atoms with Gasteiger partial charge in [0.25, 0.3) is 0 Å². The van der Waals surface area contributed by atoms with Crippen molar-refractivity contribution in [3.8, 4) is 11.3 Å². The number of halogens is 1. The first-order chi connectivity index (χ1) is 9.34. The molecule has 4 heteroatoms. The normalized spacial score (nSPS) is 11.5. The molecule has 1 aromatic heterocycles. The predicted octanol–water partition coefficient (Wildman–Crippen LogP) is 4.55. The van der Waals surface area contributed by atoms with Crippen molar-refractivity contribution in [2.45, 2.75) is 33.1 Å². The molecule has 0 aliphatic heterocycles. The van der Waals surface area contributed by atoms with Gasteiger partial charge < -0.3 is 5.32 Å². The summed E-state index contributed by atoms with van der Waals surface area (Å²) in [6, 6.07) is 8.14. The third-order valence-electron chi connectivity index (χ3n) is 3.18. The van der Waals surface area contributed by atoms with Gasteiger partial charge in [0.15, 0.2) is 0 Å². The number of benzene rings is 1. The van der Waals surface area contributed by atoms with Gasteiger partial charge >= 0.3 is 0 Å². The van der Waals surface area contributed by atoms with E-state index in [9.17, 15) is 0 Å². The molecule has 2 rings (SSSR count). The van der Waals surface area contributed by atoms with Crippen molar-refractivity contribution >= 4 is 21.7 Å². The van der Waals surface area contributed by atoms with Crippen molar-refractivity contribution in [3.05, 3.63) is 40.1 Å². The molecule has 0 aliphatic carbocycles. The van der Waals surface area contributed by atoms with E-state index in [1.807, 2.05) is 32.2 Å². The van der Waals surface area contributed by atoms with Crippen LogP contribution in [0.2, 0.25) is 0 Å². The highest BCUT2D eigenvalue weighted by Crippen LogP contribution is 2.33. The molecular weight excluding hydrogens is 314 g/mol. The molecule has 0 radical (unpaired) electrons. The predicted molar refractivity (Wildman–Crippen MR) is 88.2 cm³/mol. The van der Waals surface area contributed by atoms with Gasteiger partial charge in [-0.3, -0.25) is 0 Å². The molecule has 1 aromatic carbocycles. The zero-order chi connectivity index (χ0) is 14.9. The first kappa shape index (κ1) is 15.0. The lowest BCUT2D eigenvalue weighted by Crippen LogP contribution is -2.18. The number of nitrogens with one attached hydrogen (secondary N) is 1. The van der Waals surface area contributed by atoms with E-state index in [1.54, 1.807) is 0 Å². The Labute approximate surface area is 129 Å². The van der Waals surface area contributed by atoms with Gasteiger partial charge in [-0.25, -0.2) is 9.97 Å². The maximum absolute atomic E-state index is 4.80. The van der Waals surface area contributed by atoms with Gasteiger partial charge in [-0.2, -0.15) is 0 Å². The zero-order valence-corrected chi connectivity index (χ0v) is 14.2. The van der Waals surface area contributed by atoms with Crippen LogP contribution in [0.4, 0.5) is 5.82 Å². The minimum absolute atomic E-state index is 0.0880. The molecule has 0 aliphatic rings. The minimum atomic E-state index is -0.0880. The summed E-state index contributed by atoms with van der Waals surface area (Å²) in [5.41, 5.74) is 3.04. The Morgan fingerprint density at radius 3 is 2.30 bits per heavy atom. The van der Waals surface area contributed by atoms with Gasteiger partial charge in [-0.05, 0) is 13.0 Å². The van der Waals surface area contributed by atoms with E-state index in [-0.39, 0.29) is 5.41 Å². The van der Waals surface area contributed by atoms with Crippen LogP contribution in [-0.2, 0) is 5.41 Å². The fourth-order valence-corrected chi connectivity index (χ4v) is 2.48. The Balaban J connectivity index is 2.72. The van der Waals surface area contributed by atoms with Crippen molar-refractivity contribution < 1.29 is 0 Å². The van der Waals surface area contributed by atoms with Crippen LogP contribution in [0.3, 0.4) is 0 Å². The Morgan fingerprint density at radius 2 is 1.75 bits per heavy atom. The third-order valence-corrected chi connectivity index (χ3v) is 3.87. The Morgan fingerprint density at radius 1 is 1.10 bits per heavy atom. The lowest BCUT2D eigenvalue weighted by molar-refractivity contribution is 0.546. The quantitative estimate of drug-likeness (QED) is 0.875. The smallest absolute Gasteiger partial charge is 0.136 e. The topological polar surface area (TPSA) is 37.8 Å². The van der Waals surface area contributed by atoms with E-state index < -0.39 is 0 Å². The van der Waals surface area contributed by atoms with Crippen molar-refractivity contribution in [1.29, 1.82) is 0 Å². The molecule has 0 saturated carbocycles. The fourth-order valence-electron chi connectivity index (χ4n) is 2.01.